The summed E-state index contributed by atoms with van der Waals surface area (Å²) in [5, 5.41) is 3.06. The highest BCUT2D eigenvalue weighted by atomic mass is 32.2. The van der Waals surface area contributed by atoms with E-state index in [-0.39, 0.29) is 0 Å². The molecule has 1 aromatic heterocycles. The molecular formula is C21H29N5O2S. The molecule has 0 aromatic carbocycles. The summed E-state index contributed by atoms with van der Waals surface area (Å²) in [4.78, 5) is 37.7. The van der Waals surface area contributed by atoms with Crippen molar-refractivity contribution in [3.8, 4) is 0 Å². The number of thioether (sulfide) groups is 1. The predicted molar refractivity (Wildman–Crippen MR) is 116 cm³/mol. The third-order valence-corrected chi connectivity index (χ3v) is 6.93. The Morgan fingerprint density at radius 1 is 1.24 bits per heavy atom. The van der Waals surface area contributed by atoms with Gasteiger partial charge < -0.3 is 9.80 Å². The van der Waals surface area contributed by atoms with Crippen LogP contribution in [0.1, 0.15) is 37.8 Å². The maximum Gasteiger partial charge on any atom is 0.225 e. The molecule has 4 rings (SSSR count). The minimum Gasteiger partial charge on any atom is -0.340 e. The number of Topliss-reactive ketones (excluding diaryl/α,β-unsaturated/α-hetero) is 1. The number of anilines is 1. The molecule has 0 amide bonds. The van der Waals surface area contributed by atoms with E-state index in [1.54, 1.807) is 18.0 Å². The molecule has 3 aliphatic heterocycles. The third-order valence-electron chi connectivity index (χ3n) is 5.93. The summed E-state index contributed by atoms with van der Waals surface area (Å²) in [6.07, 6.45) is 10.5. The van der Waals surface area contributed by atoms with Crippen molar-refractivity contribution in [2.75, 3.05) is 43.5 Å². The Morgan fingerprint density at radius 2 is 2.10 bits per heavy atom. The smallest absolute Gasteiger partial charge is 0.225 e. The van der Waals surface area contributed by atoms with Gasteiger partial charge in [0.15, 0.2) is 6.29 Å². The highest BCUT2D eigenvalue weighted by Gasteiger charge is 2.28. The summed E-state index contributed by atoms with van der Waals surface area (Å²) in [6, 6.07) is 1.31. The van der Waals surface area contributed by atoms with E-state index in [9.17, 15) is 9.59 Å². The van der Waals surface area contributed by atoms with Gasteiger partial charge in [0.25, 0.3) is 0 Å². The molecule has 0 bridgehead atoms. The second-order valence-electron chi connectivity index (χ2n) is 8.09. The largest absolute Gasteiger partial charge is 0.340 e. The van der Waals surface area contributed by atoms with Crippen LogP contribution in [0, 0.1) is 5.92 Å². The Bertz CT molecular complexity index is 765. The van der Waals surface area contributed by atoms with Crippen molar-refractivity contribution in [2.45, 2.75) is 38.1 Å². The second kappa shape index (κ2) is 9.82. The first-order valence-corrected chi connectivity index (χ1v) is 11.6. The fourth-order valence-corrected chi connectivity index (χ4v) is 5.46. The number of likely N-dealkylation sites (tertiary alicyclic amines) is 1. The van der Waals surface area contributed by atoms with Gasteiger partial charge >= 0.3 is 0 Å². The van der Waals surface area contributed by atoms with Crippen LogP contribution in [0.4, 0.5) is 5.95 Å². The maximum absolute atomic E-state index is 11.8. The van der Waals surface area contributed by atoms with E-state index in [1.807, 2.05) is 12.1 Å². The summed E-state index contributed by atoms with van der Waals surface area (Å²) in [6.45, 7) is 5.64. The molecule has 8 heteroatoms. The number of piperidine rings is 2. The molecule has 1 N–H and O–H groups in total. The van der Waals surface area contributed by atoms with Crippen LogP contribution in [0.25, 0.3) is 6.08 Å². The highest BCUT2D eigenvalue weighted by Crippen LogP contribution is 2.28. The van der Waals surface area contributed by atoms with Gasteiger partial charge in [0, 0.05) is 36.6 Å². The summed E-state index contributed by atoms with van der Waals surface area (Å²) in [7, 11) is 0. The van der Waals surface area contributed by atoms with Crippen molar-refractivity contribution in [1.82, 2.24) is 20.2 Å². The van der Waals surface area contributed by atoms with Crippen LogP contribution < -0.4 is 10.2 Å². The van der Waals surface area contributed by atoms with Gasteiger partial charge in [-0.3, -0.25) is 14.9 Å². The molecule has 7 nitrogen and oxygen atoms in total. The van der Waals surface area contributed by atoms with Crippen LogP contribution in [-0.4, -0.2) is 71.6 Å². The molecule has 2 unspecified atom stereocenters. The van der Waals surface area contributed by atoms with Crippen molar-refractivity contribution >= 4 is 35.9 Å². The average Bonchev–Trinajstić information content (AvgIpc) is 3.22. The Labute approximate surface area is 176 Å². The minimum atomic E-state index is -0.542. The third kappa shape index (κ3) is 5.24. The van der Waals surface area contributed by atoms with E-state index < -0.39 is 11.8 Å². The van der Waals surface area contributed by atoms with Crippen LogP contribution in [0.3, 0.4) is 0 Å². The van der Waals surface area contributed by atoms with Crippen LogP contribution >= 0.6 is 11.8 Å². The number of ketones is 1. The summed E-state index contributed by atoms with van der Waals surface area (Å²) < 4.78 is 0. The summed E-state index contributed by atoms with van der Waals surface area (Å²) >= 11 is 1.54. The normalized spacial score (nSPS) is 27.3. The second-order valence-corrected chi connectivity index (χ2v) is 9.14. The van der Waals surface area contributed by atoms with Crippen LogP contribution in [0.15, 0.2) is 17.2 Å². The lowest BCUT2D eigenvalue weighted by Gasteiger charge is -2.36. The van der Waals surface area contributed by atoms with Gasteiger partial charge in [-0.25, -0.2) is 9.97 Å². The first-order valence-electron chi connectivity index (χ1n) is 10.6. The molecule has 1 aromatic rings. The van der Waals surface area contributed by atoms with Gasteiger partial charge in [-0.1, -0.05) is 6.42 Å². The number of carbonyl (C=O) groups excluding carboxylic acids is 2. The van der Waals surface area contributed by atoms with Crippen LogP contribution in [0.5, 0.6) is 0 Å². The van der Waals surface area contributed by atoms with E-state index in [1.165, 1.54) is 51.7 Å². The monoisotopic (exact) mass is 415 g/mol. The van der Waals surface area contributed by atoms with Crippen molar-refractivity contribution in [3.05, 3.63) is 22.9 Å². The molecule has 0 saturated carbocycles. The number of rotatable bonds is 6. The fourth-order valence-electron chi connectivity index (χ4n) is 4.47. The van der Waals surface area contributed by atoms with Crippen LogP contribution in [-0.2, 0) is 9.59 Å². The van der Waals surface area contributed by atoms with E-state index in [2.05, 4.69) is 20.1 Å². The number of hydrogen-bond donors (Lipinski definition) is 1. The quantitative estimate of drug-likeness (QED) is 0.558. The Morgan fingerprint density at radius 3 is 2.93 bits per heavy atom. The Kier molecular flexibility index (Phi) is 6.94. The van der Waals surface area contributed by atoms with Gasteiger partial charge in [0.05, 0.1) is 5.69 Å². The number of nitrogens with zero attached hydrogens (tertiary/aromatic N) is 4. The van der Waals surface area contributed by atoms with E-state index in [0.29, 0.717) is 18.1 Å². The molecule has 0 radical (unpaired) electrons. The van der Waals surface area contributed by atoms with Crippen molar-refractivity contribution in [3.63, 3.8) is 0 Å². The number of carbonyl (C=O) groups is 2. The van der Waals surface area contributed by atoms with E-state index >= 15 is 0 Å². The molecule has 0 spiro atoms. The molecule has 4 heterocycles. The van der Waals surface area contributed by atoms with Crippen molar-refractivity contribution in [2.24, 2.45) is 5.92 Å². The number of hydrogen-bond acceptors (Lipinski definition) is 8. The number of aldehydes is 1. The summed E-state index contributed by atoms with van der Waals surface area (Å²) in [5.41, 5.74) is 0.781. The van der Waals surface area contributed by atoms with Crippen molar-refractivity contribution in [1.29, 1.82) is 0 Å². The van der Waals surface area contributed by atoms with Gasteiger partial charge in [0.2, 0.25) is 11.7 Å². The lowest BCUT2D eigenvalue weighted by Crippen LogP contribution is -2.43. The Hall–Kier alpha value is -1.77. The zero-order valence-corrected chi connectivity index (χ0v) is 17.6. The SMILES string of the molecule is O=CC(=O)C1NCS/C1=C\c1ccnc(N2CCCC(CN3CCCCC3)C2)n1. The number of aromatic nitrogens is 2. The molecule has 3 saturated heterocycles. The van der Waals surface area contributed by atoms with Gasteiger partial charge in [-0.05, 0) is 56.8 Å². The molecule has 3 fully saturated rings. The van der Waals surface area contributed by atoms with Gasteiger partial charge in [0.1, 0.15) is 6.04 Å². The van der Waals surface area contributed by atoms with Gasteiger partial charge in [-0.2, -0.15) is 0 Å². The predicted octanol–water partition coefficient (Wildman–Crippen LogP) is 1.95. The van der Waals surface area contributed by atoms with Crippen molar-refractivity contribution < 1.29 is 9.59 Å². The molecular weight excluding hydrogens is 386 g/mol. The minimum absolute atomic E-state index is 0.388. The zero-order valence-electron chi connectivity index (χ0n) is 16.8. The average molecular weight is 416 g/mol. The molecule has 156 valence electrons. The molecule has 3 aliphatic rings. The standard InChI is InChI=1S/C21H29N5O2S/c27-14-18(28)20-19(29-15-23-20)11-17-6-7-22-21(24-17)26-10-4-5-16(13-26)12-25-8-2-1-3-9-25/h6-7,11,14,16,20,23H,1-5,8-10,12-13,15H2/b19-11-. The maximum atomic E-state index is 11.8. The van der Waals surface area contributed by atoms with Crippen LogP contribution in [0.2, 0.25) is 0 Å². The zero-order chi connectivity index (χ0) is 20.1. The van der Waals surface area contributed by atoms with Gasteiger partial charge in [-0.15, -0.1) is 11.8 Å². The highest BCUT2D eigenvalue weighted by molar-refractivity contribution is 8.03. The Balaban J connectivity index is 1.43. The summed E-state index contributed by atoms with van der Waals surface area (Å²) in [5.74, 6) is 1.61. The van der Waals surface area contributed by atoms with E-state index in [4.69, 9.17) is 4.98 Å². The fraction of sp³-hybridized carbons (Fsp3) is 0.619. The first-order chi connectivity index (χ1) is 14.2. The topological polar surface area (TPSA) is 78.4 Å². The molecule has 29 heavy (non-hydrogen) atoms. The molecule has 2 atom stereocenters. The lowest BCUT2D eigenvalue weighted by molar-refractivity contribution is -0.130. The van der Waals surface area contributed by atoms with E-state index in [0.717, 1.165) is 29.6 Å². The lowest BCUT2D eigenvalue weighted by atomic mass is 9.96. The first kappa shape index (κ1) is 20.5. The molecule has 0 aliphatic carbocycles. The number of nitrogens with one attached hydrogen (secondary N) is 1.